The predicted octanol–water partition coefficient (Wildman–Crippen LogP) is 4.39. The maximum Gasteiger partial charge on any atom is 0.442 e. The summed E-state index contributed by atoms with van der Waals surface area (Å²) in [6, 6.07) is 0. The lowest BCUT2D eigenvalue weighted by molar-refractivity contribution is -0.360. The second-order valence-electron chi connectivity index (χ2n) is 8.70. The van der Waals surface area contributed by atoms with Crippen LogP contribution in [0.15, 0.2) is 11.6 Å². The van der Waals surface area contributed by atoms with Crippen molar-refractivity contribution in [3.63, 3.8) is 0 Å². The molecule has 24 heavy (non-hydrogen) atoms. The minimum atomic E-state index is -4.75. The number of hydrogen-bond acceptors (Lipinski definition) is 2. The van der Waals surface area contributed by atoms with Gasteiger partial charge in [0.15, 0.2) is 0 Å². The number of aliphatic hydroxyl groups is 1. The third-order valence-electron chi connectivity index (χ3n) is 7.87. The molecule has 2 nitrogen and oxygen atoms in total. The maximum absolute atomic E-state index is 12.8. The van der Waals surface area contributed by atoms with Gasteiger partial charge in [-0.25, -0.2) is 0 Å². The van der Waals surface area contributed by atoms with E-state index in [1.54, 1.807) is 5.57 Å². The Morgan fingerprint density at radius 2 is 1.92 bits per heavy atom. The Bertz CT molecular complexity index is 553. The van der Waals surface area contributed by atoms with Crippen molar-refractivity contribution in [2.24, 2.45) is 47.3 Å². The van der Waals surface area contributed by atoms with Crippen LogP contribution in [-0.4, -0.2) is 23.7 Å². The van der Waals surface area contributed by atoms with E-state index >= 15 is 0 Å². The maximum atomic E-state index is 12.8. The molecule has 0 spiro atoms. The van der Waals surface area contributed by atoms with Gasteiger partial charge in [-0.3, -0.25) is 0 Å². The lowest BCUT2D eigenvalue weighted by atomic mass is 9.63. The Balaban J connectivity index is 1.50. The molecule has 4 aliphatic carbocycles. The zero-order valence-electron chi connectivity index (χ0n) is 14.5. The Morgan fingerprint density at radius 3 is 2.54 bits per heavy atom. The Hall–Kier alpha value is -0.550. The zero-order valence-corrected chi connectivity index (χ0v) is 14.5. The molecule has 4 bridgehead atoms. The lowest BCUT2D eigenvalue weighted by Crippen LogP contribution is -2.47. The average molecular weight is 344 g/mol. The highest BCUT2D eigenvalue weighted by molar-refractivity contribution is 5.25. The Labute approximate surface area is 141 Å². The smallest absolute Gasteiger partial charge is 0.359 e. The standard InChI is InChI=1S/C19H27F3O2/c1-4-10-5-11-6-13(10)17-14-7-12(16(11)17)9(2)15(14)8-24-18(3,23)19(20,21)22/h4,9,11-17,23H,5-8H2,1-3H3/b10-4-/t9?,11?,12?,13?,14?,15?,16?,17?,18-/m0/s1. The van der Waals surface area contributed by atoms with Gasteiger partial charge in [0, 0.05) is 0 Å². The number of hydrogen-bond donors (Lipinski definition) is 1. The molecular formula is C19H27F3O2. The van der Waals surface area contributed by atoms with Crippen LogP contribution in [0.1, 0.15) is 40.0 Å². The summed E-state index contributed by atoms with van der Waals surface area (Å²) < 4.78 is 43.5. The van der Waals surface area contributed by atoms with E-state index in [0.717, 1.165) is 18.3 Å². The van der Waals surface area contributed by atoms with Gasteiger partial charge in [-0.1, -0.05) is 18.6 Å². The summed E-state index contributed by atoms with van der Waals surface area (Å²) in [5.41, 5.74) is 1.57. The van der Waals surface area contributed by atoms with Crippen LogP contribution in [0.4, 0.5) is 13.2 Å². The molecule has 0 aromatic rings. The zero-order chi connectivity index (χ0) is 17.4. The highest BCUT2D eigenvalue weighted by Crippen LogP contribution is 2.71. The summed E-state index contributed by atoms with van der Waals surface area (Å²) in [5, 5.41) is 9.58. The molecule has 0 heterocycles. The molecule has 0 saturated heterocycles. The van der Waals surface area contributed by atoms with Crippen LogP contribution >= 0.6 is 0 Å². The lowest BCUT2D eigenvalue weighted by Gasteiger charge is -2.43. The van der Waals surface area contributed by atoms with Crippen molar-refractivity contribution < 1.29 is 23.0 Å². The first-order chi connectivity index (χ1) is 11.2. The molecule has 0 radical (unpaired) electrons. The molecule has 1 N–H and O–H groups in total. The van der Waals surface area contributed by atoms with Gasteiger partial charge in [-0.2, -0.15) is 13.2 Å². The molecule has 0 aliphatic heterocycles. The van der Waals surface area contributed by atoms with Gasteiger partial charge in [-0.15, -0.1) is 0 Å². The number of fused-ring (bicyclic) bond motifs is 9. The number of rotatable bonds is 3. The molecule has 4 rings (SSSR count). The fourth-order valence-electron chi connectivity index (χ4n) is 6.82. The van der Waals surface area contributed by atoms with Crippen LogP contribution in [-0.2, 0) is 4.74 Å². The monoisotopic (exact) mass is 344 g/mol. The minimum Gasteiger partial charge on any atom is -0.359 e. The number of allylic oxidation sites excluding steroid dienone is 2. The van der Waals surface area contributed by atoms with Crippen LogP contribution in [0, 0.1) is 47.3 Å². The summed E-state index contributed by atoms with van der Waals surface area (Å²) in [6.07, 6.45) is 1.17. The van der Waals surface area contributed by atoms with E-state index in [4.69, 9.17) is 4.74 Å². The predicted molar refractivity (Wildman–Crippen MR) is 83.8 cm³/mol. The van der Waals surface area contributed by atoms with E-state index in [0.29, 0.717) is 36.5 Å². The quantitative estimate of drug-likeness (QED) is 0.467. The highest BCUT2D eigenvalue weighted by Gasteiger charge is 2.65. The topological polar surface area (TPSA) is 29.5 Å². The van der Waals surface area contributed by atoms with Gasteiger partial charge in [0.1, 0.15) is 0 Å². The molecule has 0 aromatic carbocycles. The molecular weight excluding hydrogens is 317 g/mol. The van der Waals surface area contributed by atoms with Crippen LogP contribution < -0.4 is 0 Å². The molecule has 0 amide bonds. The third kappa shape index (κ3) is 2.16. The molecule has 9 atom stereocenters. The van der Waals surface area contributed by atoms with Crippen molar-refractivity contribution in [3.8, 4) is 0 Å². The van der Waals surface area contributed by atoms with E-state index in [-0.39, 0.29) is 12.5 Å². The summed E-state index contributed by atoms with van der Waals surface area (Å²) in [5.74, 6) is 1.45. The second kappa shape index (κ2) is 5.23. The third-order valence-corrected chi connectivity index (χ3v) is 7.87. The summed E-state index contributed by atoms with van der Waals surface area (Å²) in [4.78, 5) is 0. The van der Waals surface area contributed by atoms with E-state index in [2.05, 4.69) is 19.9 Å². The van der Waals surface area contributed by atoms with Gasteiger partial charge < -0.3 is 9.84 Å². The first-order valence-corrected chi connectivity index (χ1v) is 9.24. The van der Waals surface area contributed by atoms with Crippen LogP contribution in [0.2, 0.25) is 0 Å². The first kappa shape index (κ1) is 16.9. The number of ether oxygens (including phenoxy) is 1. The van der Waals surface area contributed by atoms with Gasteiger partial charge in [-0.05, 0) is 80.5 Å². The van der Waals surface area contributed by atoms with Crippen molar-refractivity contribution >= 4 is 0 Å². The largest absolute Gasteiger partial charge is 0.442 e. The van der Waals surface area contributed by atoms with E-state index in [9.17, 15) is 18.3 Å². The normalized spacial score (nSPS) is 50.5. The SMILES string of the molecule is C/C=C1/CC2CC1C1C3CC(C(C)C3CO[C@](C)(O)C(F)(F)F)C21. The van der Waals surface area contributed by atoms with Gasteiger partial charge >= 0.3 is 6.18 Å². The summed E-state index contributed by atoms with van der Waals surface area (Å²) >= 11 is 0. The van der Waals surface area contributed by atoms with Gasteiger partial charge in [0.05, 0.1) is 6.61 Å². The Morgan fingerprint density at radius 1 is 1.21 bits per heavy atom. The molecule has 4 saturated carbocycles. The molecule has 8 unspecified atom stereocenters. The van der Waals surface area contributed by atoms with Crippen LogP contribution in [0.5, 0.6) is 0 Å². The number of halogens is 3. The molecule has 136 valence electrons. The van der Waals surface area contributed by atoms with Crippen LogP contribution in [0.25, 0.3) is 0 Å². The van der Waals surface area contributed by atoms with Crippen molar-refractivity contribution in [2.45, 2.75) is 52.0 Å². The first-order valence-electron chi connectivity index (χ1n) is 9.24. The van der Waals surface area contributed by atoms with E-state index < -0.39 is 12.0 Å². The Kier molecular flexibility index (Phi) is 3.68. The highest BCUT2D eigenvalue weighted by atomic mass is 19.4. The van der Waals surface area contributed by atoms with Crippen molar-refractivity contribution in [1.29, 1.82) is 0 Å². The van der Waals surface area contributed by atoms with Crippen molar-refractivity contribution in [1.82, 2.24) is 0 Å². The van der Waals surface area contributed by atoms with Gasteiger partial charge in [0.25, 0.3) is 5.79 Å². The second-order valence-corrected chi connectivity index (χ2v) is 8.70. The fourth-order valence-corrected chi connectivity index (χ4v) is 6.82. The van der Waals surface area contributed by atoms with Crippen molar-refractivity contribution in [3.05, 3.63) is 11.6 Å². The fraction of sp³-hybridized carbons (Fsp3) is 0.895. The molecule has 0 aromatic heterocycles. The van der Waals surface area contributed by atoms with Crippen LogP contribution in [0.3, 0.4) is 0 Å². The molecule has 4 aliphatic rings. The van der Waals surface area contributed by atoms with Crippen molar-refractivity contribution in [2.75, 3.05) is 6.61 Å². The summed E-state index contributed by atoms with van der Waals surface area (Å²) in [6.45, 7) is 5.02. The summed E-state index contributed by atoms with van der Waals surface area (Å²) in [7, 11) is 0. The van der Waals surface area contributed by atoms with E-state index in [1.165, 1.54) is 12.8 Å². The molecule has 4 fully saturated rings. The average Bonchev–Trinajstić information content (AvgIpc) is 3.21. The van der Waals surface area contributed by atoms with E-state index in [1.807, 2.05) is 0 Å². The number of alkyl halides is 3. The molecule has 5 heteroatoms. The van der Waals surface area contributed by atoms with Gasteiger partial charge in [0.2, 0.25) is 0 Å². The minimum absolute atomic E-state index is 0.0145.